The molecule has 30 heavy (non-hydrogen) atoms. The summed E-state index contributed by atoms with van der Waals surface area (Å²) in [5, 5.41) is 16.7. The third-order valence-corrected chi connectivity index (χ3v) is 4.66. The monoisotopic (exact) mass is 399 g/mol. The number of rotatable bonds is 5. The summed E-state index contributed by atoms with van der Waals surface area (Å²) in [6, 6.07) is 22.5. The molecule has 3 aromatic rings. The van der Waals surface area contributed by atoms with Crippen molar-refractivity contribution < 1.29 is 14.5 Å². The SMILES string of the molecule is COc1ccc(C2=NN(c3ccc([N+](=O)[O-])cc3)C(=O)/C2=C/c2ccccc2)cc1. The zero-order valence-electron chi connectivity index (χ0n) is 16.1. The molecule has 0 saturated carbocycles. The number of non-ortho nitro benzene ring substituents is 1. The molecule has 0 aliphatic carbocycles. The number of anilines is 1. The lowest BCUT2D eigenvalue weighted by Gasteiger charge is -2.11. The molecule has 7 heteroatoms. The number of carbonyl (C=O) groups excluding carboxylic acids is 1. The van der Waals surface area contributed by atoms with Gasteiger partial charge in [-0.25, -0.2) is 0 Å². The summed E-state index contributed by atoms with van der Waals surface area (Å²) >= 11 is 0. The van der Waals surface area contributed by atoms with Crippen molar-refractivity contribution in [2.75, 3.05) is 12.1 Å². The van der Waals surface area contributed by atoms with E-state index in [2.05, 4.69) is 5.10 Å². The number of amides is 1. The van der Waals surface area contributed by atoms with Crippen LogP contribution in [0.2, 0.25) is 0 Å². The highest BCUT2D eigenvalue weighted by Gasteiger charge is 2.32. The first kappa shape index (κ1) is 19.1. The quantitative estimate of drug-likeness (QED) is 0.361. The van der Waals surface area contributed by atoms with Crippen LogP contribution in [0, 0.1) is 10.1 Å². The normalized spacial score (nSPS) is 14.7. The lowest BCUT2D eigenvalue weighted by Crippen LogP contribution is -2.21. The maximum atomic E-state index is 13.2. The van der Waals surface area contributed by atoms with Crippen LogP contribution in [-0.2, 0) is 4.79 Å². The molecule has 1 aliphatic heterocycles. The summed E-state index contributed by atoms with van der Waals surface area (Å²) in [5.74, 6) is 0.392. The zero-order valence-corrected chi connectivity index (χ0v) is 16.1. The molecule has 0 N–H and O–H groups in total. The molecule has 3 aromatic carbocycles. The van der Waals surface area contributed by atoms with Gasteiger partial charge in [-0.3, -0.25) is 14.9 Å². The van der Waals surface area contributed by atoms with Gasteiger partial charge in [0.1, 0.15) is 11.5 Å². The molecular formula is C23H17N3O4. The lowest BCUT2D eigenvalue weighted by molar-refractivity contribution is -0.384. The van der Waals surface area contributed by atoms with Crippen molar-refractivity contribution in [2.45, 2.75) is 0 Å². The number of hydrogen-bond donors (Lipinski definition) is 0. The van der Waals surface area contributed by atoms with E-state index in [4.69, 9.17) is 4.74 Å². The van der Waals surface area contributed by atoms with E-state index in [1.165, 1.54) is 29.3 Å². The lowest BCUT2D eigenvalue weighted by atomic mass is 10.00. The predicted octanol–water partition coefficient (Wildman–Crippen LogP) is 4.44. The summed E-state index contributed by atoms with van der Waals surface area (Å²) in [4.78, 5) is 23.7. The molecule has 0 fully saturated rings. The average molecular weight is 399 g/mol. The Morgan fingerprint density at radius 3 is 2.23 bits per heavy atom. The van der Waals surface area contributed by atoms with Gasteiger partial charge in [-0.05, 0) is 48.0 Å². The van der Waals surface area contributed by atoms with Gasteiger partial charge in [0.2, 0.25) is 0 Å². The average Bonchev–Trinajstić information content (AvgIpc) is 3.10. The summed E-state index contributed by atoms with van der Waals surface area (Å²) in [6.45, 7) is 0. The first-order valence-electron chi connectivity index (χ1n) is 9.16. The van der Waals surface area contributed by atoms with E-state index >= 15 is 0 Å². The van der Waals surface area contributed by atoms with Crippen molar-refractivity contribution in [1.82, 2.24) is 0 Å². The second-order valence-electron chi connectivity index (χ2n) is 6.54. The number of ether oxygens (including phenoxy) is 1. The molecule has 0 bridgehead atoms. The smallest absolute Gasteiger partial charge is 0.281 e. The molecule has 1 heterocycles. The van der Waals surface area contributed by atoms with Crippen molar-refractivity contribution in [3.05, 3.63) is 106 Å². The fourth-order valence-electron chi connectivity index (χ4n) is 3.11. The van der Waals surface area contributed by atoms with E-state index in [0.29, 0.717) is 22.7 Å². The minimum atomic E-state index is -0.484. The molecular weight excluding hydrogens is 382 g/mol. The molecule has 0 aromatic heterocycles. The van der Waals surface area contributed by atoms with Crippen molar-refractivity contribution in [2.24, 2.45) is 5.10 Å². The fourth-order valence-corrected chi connectivity index (χ4v) is 3.11. The van der Waals surface area contributed by atoms with Crippen molar-refractivity contribution in [1.29, 1.82) is 0 Å². The Bertz CT molecular complexity index is 1150. The topological polar surface area (TPSA) is 85.0 Å². The number of nitro groups is 1. The molecule has 0 unspecified atom stereocenters. The largest absolute Gasteiger partial charge is 0.497 e. The first-order valence-corrected chi connectivity index (χ1v) is 9.16. The van der Waals surface area contributed by atoms with Crippen molar-refractivity contribution >= 4 is 29.1 Å². The van der Waals surface area contributed by atoms with Gasteiger partial charge in [0, 0.05) is 17.7 Å². The molecule has 1 amide bonds. The summed E-state index contributed by atoms with van der Waals surface area (Å²) < 4.78 is 5.21. The number of methoxy groups -OCH3 is 1. The van der Waals surface area contributed by atoms with Gasteiger partial charge in [0.05, 0.1) is 23.3 Å². The van der Waals surface area contributed by atoms with Crippen LogP contribution in [0.3, 0.4) is 0 Å². The minimum Gasteiger partial charge on any atom is -0.497 e. The highest BCUT2D eigenvalue weighted by molar-refractivity contribution is 6.37. The molecule has 0 spiro atoms. The zero-order chi connectivity index (χ0) is 21.1. The van der Waals surface area contributed by atoms with Crippen molar-refractivity contribution in [3.63, 3.8) is 0 Å². The van der Waals surface area contributed by atoms with E-state index in [1.807, 2.05) is 42.5 Å². The molecule has 0 radical (unpaired) electrons. The van der Waals surface area contributed by atoms with Gasteiger partial charge in [0.15, 0.2) is 0 Å². The van der Waals surface area contributed by atoms with Crippen LogP contribution in [0.25, 0.3) is 6.08 Å². The first-order chi connectivity index (χ1) is 14.6. The maximum absolute atomic E-state index is 13.2. The van der Waals surface area contributed by atoms with Gasteiger partial charge >= 0.3 is 0 Å². The molecule has 7 nitrogen and oxygen atoms in total. The van der Waals surface area contributed by atoms with Gasteiger partial charge in [-0.15, -0.1) is 0 Å². The van der Waals surface area contributed by atoms with Crippen molar-refractivity contribution in [3.8, 4) is 5.75 Å². The van der Waals surface area contributed by atoms with Crippen LogP contribution in [0.1, 0.15) is 11.1 Å². The standard InChI is InChI=1S/C23H17N3O4/c1-30-20-13-7-17(8-14-20)22-21(15-16-5-3-2-4-6-16)23(27)25(24-22)18-9-11-19(12-10-18)26(28)29/h2-15H,1H3/b21-15+. The summed E-state index contributed by atoms with van der Waals surface area (Å²) in [7, 11) is 1.59. The second kappa shape index (κ2) is 8.00. The Labute approximate surface area is 172 Å². The highest BCUT2D eigenvalue weighted by atomic mass is 16.6. The van der Waals surface area contributed by atoms with Crippen LogP contribution < -0.4 is 9.75 Å². The predicted molar refractivity (Wildman–Crippen MR) is 115 cm³/mol. The van der Waals surface area contributed by atoms with Gasteiger partial charge in [-0.2, -0.15) is 10.1 Å². The van der Waals surface area contributed by atoms with E-state index in [0.717, 1.165) is 11.1 Å². The second-order valence-corrected chi connectivity index (χ2v) is 6.54. The van der Waals surface area contributed by atoms with Crippen LogP contribution >= 0.6 is 0 Å². The Kier molecular flexibility index (Phi) is 5.09. The molecule has 4 rings (SSSR count). The molecule has 0 atom stereocenters. The Morgan fingerprint density at radius 2 is 1.63 bits per heavy atom. The van der Waals surface area contributed by atoms with Crippen LogP contribution in [0.4, 0.5) is 11.4 Å². The summed E-state index contributed by atoms with van der Waals surface area (Å²) in [6.07, 6.45) is 1.79. The number of benzene rings is 3. The Morgan fingerprint density at radius 1 is 0.967 bits per heavy atom. The van der Waals surface area contributed by atoms with Gasteiger partial charge in [0.25, 0.3) is 11.6 Å². The molecule has 1 aliphatic rings. The molecule has 0 saturated heterocycles. The maximum Gasteiger partial charge on any atom is 0.281 e. The number of hydrogen-bond acceptors (Lipinski definition) is 5. The Balaban J connectivity index is 1.78. The van der Waals surface area contributed by atoms with E-state index < -0.39 is 4.92 Å². The van der Waals surface area contributed by atoms with Crippen LogP contribution in [0.15, 0.2) is 89.5 Å². The number of nitro benzene ring substituents is 1. The van der Waals surface area contributed by atoms with Crippen LogP contribution in [0.5, 0.6) is 5.75 Å². The number of carbonyl (C=O) groups is 1. The van der Waals surface area contributed by atoms with E-state index in [1.54, 1.807) is 25.3 Å². The molecule has 148 valence electrons. The summed E-state index contributed by atoms with van der Waals surface area (Å²) in [5.41, 5.74) is 2.98. The van der Waals surface area contributed by atoms with Gasteiger partial charge in [-0.1, -0.05) is 30.3 Å². The minimum absolute atomic E-state index is 0.0511. The van der Waals surface area contributed by atoms with E-state index in [-0.39, 0.29) is 11.6 Å². The fraction of sp³-hybridized carbons (Fsp3) is 0.0435. The third kappa shape index (κ3) is 3.68. The van der Waals surface area contributed by atoms with Gasteiger partial charge < -0.3 is 4.74 Å². The van der Waals surface area contributed by atoms with Crippen LogP contribution in [-0.4, -0.2) is 23.7 Å². The highest BCUT2D eigenvalue weighted by Crippen LogP contribution is 2.29. The number of nitrogens with zero attached hydrogens (tertiary/aromatic N) is 3. The third-order valence-electron chi connectivity index (χ3n) is 4.66. The number of hydrazone groups is 1. The van der Waals surface area contributed by atoms with E-state index in [9.17, 15) is 14.9 Å². The Hall–Kier alpha value is -4.26.